The first-order valence-corrected chi connectivity index (χ1v) is 5.38. The molecule has 0 bridgehead atoms. The van der Waals surface area contributed by atoms with Gasteiger partial charge in [-0.1, -0.05) is 12.1 Å². The lowest BCUT2D eigenvalue weighted by atomic mass is 10.1. The van der Waals surface area contributed by atoms with Crippen molar-refractivity contribution in [2.45, 2.75) is 0 Å². The van der Waals surface area contributed by atoms with Crippen LogP contribution in [0, 0.1) is 0 Å². The summed E-state index contributed by atoms with van der Waals surface area (Å²) in [4.78, 5) is 14.1. The molecule has 3 nitrogen and oxygen atoms in total. The fourth-order valence-electron chi connectivity index (χ4n) is 2.08. The van der Waals surface area contributed by atoms with E-state index in [-0.39, 0.29) is 5.56 Å². The minimum atomic E-state index is -0.0784. The van der Waals surface area contributed by atoms with E-state index in [1.807, 2.05) is 36.4 Å². The van der Waals surface area contributed by atoms with Gasteiger partial charge in [0.2, 0.25) is 5.56 Å². The number of aromatic nitrogens is 1. The van der Waals surface area contributed by atoms with Crippen molar-refractivity contribution in [1.82, 2.24) is 4.98 Å². The molecule has 0 saturated carbocycles. The molecule has 1 aromatic heterocycles. The summed E-state index contributed by atoms with van der Waals surface area (Å²) in [6, 6.07) is 13.2. The van der Waals surface area contributed by atoms with Crippen LogP contribution in [0.25, 0.3) is 21.7 Å². The van der Waals surface area contributed by atoms with Crippen LogP contribution in [0.1, 0.15) is 0 Å². The normalized spacial score (nSPS) is 10.9. The number of fused-ring (bicyclic) bond motifs is 3. The molecule has 0 radical (unpaired) electrons. The molecule has 2 aromatic carbocycles. The van der Waals surface area contributed by atoms with Crippen LogP contribution in [-0.4, -0.2) is 12.1 Å². The Hall–Kier alpha value is -2.29. The summed E-state index contributed by atoms with van der Waals surface area (Å²) in [6.45, 7) is 0. The van der Waals surface area contributed by atoms with Crippen molar-refractivity contribution in [2.24, 2.45) is 0 Å². The minimum Gasteiger partial charge on any atom is -0.497 e. The maximum atomic E-state index is 11.2. The first kappa shape index (κ1) is 9.90. The number of hydrogen-bond acceptors (Lipinski definition) is 2. The van der Waals surface area contributed by atoms with E-state index in [2.05, 4.69) is 4.98 Å². The molecule has 0 atom stereocenters. The fraction of sp³-hybridized carbons (Fsp3) is 0.0714. The third kappa shape index (κ3) is 1.56. The number of rotatable bonds is 1. The van der Waals surface area contributed by atoms with Gasteiger partial charge in [0.25, 0.3) is 0 Å². The summed E-state index contributed by atoms with van der Waals surface area (Å²) < 4.78 is 5.20. The van der Waals surface area contributed by atoms with Crippen molar-refractivity contribution in [3.05, 3.63) is 52.8 Å². The molecule has 1 N–H and O–H groups in total. The molecule has 1 heterocycles. The van der Waals surface area contributed by atoms with Crippen LogP contribution in [0.5, 0.6) is 5.75 Å². The summed E-state index contributed by atoms with van der Waals surface area (Å²) in [5.74, 6) is 0.835. The van der Waals surface area contributed by atoms with Gasteiger partial charge in [-0.05, 0) is 35.0 Å². The third-order valence-corrected chi connectivity index (χ3v) is 2.93. The van der Waals surface area contributed by atoms with Gasteiger partial charge < -0.3 is 9.72 Å². The summed E-state index contributed by atoms with van der Waals surface area (Å²) in [7, 11) is 1.65. The molecular weight excluding hydrogens is 214 g/mol. The number of methoxy groups -OCH3 is 1. The van der Waals surface area contributed by atoms with Crippen molar-refractivity contribution >= 4 is 21.7 Å². The number of benzene rings is 2. The smallest absolute Gasteiger partial charge is 0.248 e. The molecule has 0 amide bonds. The van der Waals surface area contributed by atoms with Gasteiger partial charge in [0.1, 0.15) is 5.75 Å². The zero-order chi connectivity index (χ0) is 11.8. The molecule has 3 rings (SSSR count). The van der Waals surface area contributed by atoms with Crippen LogP contribution >= 0.6 is 0 Å². The number of ether oxygens (including phenoxy) is 1. The monoisotopic (exact) mass is 225 g/mol. The van der Waals surface area contributed by atoms with Crippen molar-refractivity contribution in [2.75, 3.05) is 7.11 Å². The topological polar surface area (TPSA) is 42.1 Å². The van der Waals surface area contributed by atoms with Gasteiger partial charge >= 0.3 is 0 Å². The molecule has 3 aromatic rings. The first-order valence-electron chi connectivity index (χ1n) is 5.38. The molecule has 84 valence electrons. The summed E-state index contributed by atoms with van der Waals surface area (Å²) in [5.41, 5.74) is 0.778. The highest BCUT2D eigenvalue weighted by atomic mass is 16.5. The Labute approximate surface area is 97.7 Å². The number of pyridine rings is 1. The lowest BCUT2D eigenvalue weighted by molar-refractivity contribution is 0.415. The number of nitrogens with one attached hydrogen (secondary N) is 1. The van der Waals surface area contributed by atoms with Gasteiger partial charge in [-0.3, -0.25) is 4.79 Å². The van der Waals surface area contributed by atoms with Crippen molar-refractivity contribution in [3.63, 3.8) is 0 Å². The Kier molecular flexibility index (Phi) is 2.11. The lowest BCUT2D eigenvalue weighted by Gasteiger charge is -2.05. The van der Waals surface area contributed by atoms with Gasteiger partial charge in [0.05, 0.1) is 7.11 Å². The average molecular weight is 225 g/mol. The SMILES string of the molecule is COc1ccc2c(ccc3[nH]c(=O)ccc32)c1. The summed E-state index contributed by atoms with van der Waals surface area (Å²) in [5, 5.41) is 3.26. The van der Waals surface area contributed by atoms with Crippen LogP contribution in [-0.2, 0) is 0 Å². The summed E-state index contributed by atoms with van der Waals surface area (Å²) >= 11 is 0. The van der Waals surface area contributed by atoms with Crippen molar-refractivity contribution in [3.8, 4) is 5.75 Å². The highest BCUT2D eigenvalue weighted by molar-refractivity contribution is 6.06. The zero-order valence-electron chi connectivity index (χ0n) is 9.36. The van der Waals surface area contributed by atoms with E-state index >= 15 is 0 Å². The quantitative estimate of drug-likeness (QED) is 0.647. The number of aromatic amines is 1. The molecule has 0 fully saturated rings. The molecule has 0 aliphatic rings. The van der Waals surface area contributed by atoms with Gasteiger partial charge in [-0.2, -0.15) is 0 Å². The second-order valence-electron chi connectivity index (χ2n) is 3.94. The minimum absolute atomic E-state index is 0.0784. The van der Waals surface area contributed by atoms with Crippen molar-refractivity contribution in [1.29, 1.82) is 0 Å². The lowest BCUT2D eigenvalue weighted by Crippen LogP contribution is -2.02. The zero-order valence-corrected chi connectivity index (χ0v) is 9.36. The van der Waals surface area contributed by atoms with Gasteiger partial charge in [0.15, 0.2) is 0 Å². The van der Waals surface area contributed by atoms with Crippen LogP contribution in [0.4, 0.5) is 0 Å². The highest BCUT2D eigenvalue weighted by Gasteiger charge is 2.02. The van der Waals surface area contributed by atoms with E-state index in [1.165, 1.54) is 0 Å². The Morgan fingerprint density at radius 2 is 1.82 bits per heavy atom. The van der Waals surface area contributed by atoms with E-state index in [0.717, 1.165) is 27.4 Å². The van der Waals surface area contributed by atoms with Gasteiger partial charge in [0, 0.05) is 17.0 Å². The standard InChI is InChI=1S/C14H11NO2/c1-17-10-3-4-11-9(8-10)2-6-13-12(11)5-7-14(16)15-13/h2-8H,1H3,(H,15,16). The van der Waals surface area contributed by atoms with E-state index in [1.54, 1.807) is 13.2 Å². The summed E-state index contributed by atoms with van der Waals surface area (Å²) in [6.07, 6.45) is 0. The molecule has 0 saturated heterocycles. The van der Waals surface area contributed by atoms with Gasteiger partial charge in [-0.25, -0.2) is 0 Å². The average Bonchev–Trinajstić information content (AvgIpc) is 2.37. The number of H-pyrrole nitrogens is 1. The van der Waals surface area contributed by atoms with Crippen LogP contribution in [0.15, 0.2) is 47.3 Å². The predicted octanol–water partition coefficient (Wildman–Crippen LogP) is 2.69. The molecule has 0 unspecified atom stereocenters. The molecule has 3 heteroatoms. The van der Waals surface area contributed by atoms with Crippen molar-refractivity contribution < 1.29 is 4.74 Å². The molecule has 0 spiro atoms. The fourth-order valence-corrected chi connectivity index (χ4v) is 2.08. The van der Waals surface area contributed by atoms with Crippen LogP contribution in [0.2, 0.25) is 0 Å². The largest absolute Gasteiger partial charge is 0.497 e. The van der Waals surface area contributed by atoms with Crippen LogP contribution < -0.4 is 10.3 Å². The van der Waals surface area contributed by atoms with E-state index in [4.69, 9.17) is 4.74 Å². The van der Waals surface area contributed by atoms with Gasteiger partial charge in [-0.15, -0.1) is 0 Å². The van der Waals surface area contributed by atoms with Crippen LogP contribution in [0.3, 0.4) is 0 Å². The highest BCUT2D eigenvalue weighted by Crippen LogP contribution is 2.26. The first-order chi connectivity index (χ1) is 8.28. The van der Waals surface area contributed by atoms with E-state index in [0.29, 0.717) is 0 Å². The van der Waals surface area contributed by atoms with E-state index in [9.17, 15) is 4.79 Å². The predicted molar refractivity (Wildman–Crippen MR) is 68.6 cm³/mol. The maximum absolute atomic E-state index is 11.2. The molecule has 0 aliphatic carbocycles. The Morgan fingerprint density at radius 1 is 1.00 bits per heavy atom. The second kappa shape index (κ2) is 3.63. The second-order valence-corrected chi connectivity index (χ2v) is 3.94. The Balaban J connectivity index is 2.44. The van der Waals surface area contributed by atoms with E-state index < -0.39 is 0 Å². The Bertz CT molecular complexity index is 759. The molecular formula is C14H11NO2. The Morgan fingerprint density at radius 3 is 2.65 bits per heavy atom. The molecule has 17 heavy (non-hydrogen) atoms. The molecule has 0 aliphatic heterocycles. The third-order valence-electron chi connectivity index (χ3n) is 2.93. The maximum Gasteiger partial charge on any atom is 0.248 e. The number of hydrogen-bond donors (Lipinski definition) is 1.